The van der Waals surface area contributed by atoms with Gasteiger partial charge in [-0.3, -0.25) is 0 Å². The first-order valence-corrected chi connectivity index (χ1v) is 10.1. The van der Waals surface area contributed by atoms with E-state index in [2.05, 4.69) is 63.8 Å². The van der Waals surface area contributed by atoms with Crippen molar-refractivity contribution in [2.45, 2.75) is 78.6 Å². The molecule has 0 radical (unpaired) electrons. The van der Waals surface area contributed by atoms with E-state index in [0.29, 0.717) is 10.8 Å². The Balaban J connectivity index is 1.84. The van der Waals surface area contributed by atoms with Crippen LogP contribution in [-0.4, -0.2) is 24.5 Å². The van der Waals surface area contributed by atoms with E-state index in [0.717, 1.165) is 11.8 Å². The van der Waals surface area contributed by atoms with E-state index >= 15 is 0 Å². The summed E-state index contributed by atoms with van der Waals surface area (Å²) in [6.45, 7) is 16.0. The van der Waals surface area contributed by atoms with Gasteiger partial charge in [0.15, 0.2) is 0 Å². The average Bonchev–Trinajstić information content (AvgIpc) is 2.93. The Morgan fingerprint density at radius 1 is 0.958 bits per heavy atom. The molecule has 1 saturated carbocycles. The molecule has 0 N–H and O–H groups in total. The average molecular weight is 328 g/mol. The molecule has 1 unspecified atom stereocenters. The molecule has 2 aliphatic rings. The summed E-state index contributed by atoms with van der Waals surface area (Å²) in [6, 6.07) is 9.41. The molecule has 0 aromatic heterocycles. The third-order valence-electron chi connectivity index (χ3n) is 6.24. The molecule has 1 aromatic rings. The van der Waals surface area contributed by atoms with Crippen LogP contribution in [0.5, 0.6) is 0 Å². The summed E-state index contributed by atoms with van der Waals surface area (Å²) in [6.07, 6.45) is 6.67. The molecule has 1 saturated heterocycles. The number of benzene rings is 1. The first kappa shape index (κ1) is 18.0. The highest BCUT2D eigenvalue weighted by atomic mass is 15.1. The highest BCUT2D eigenvalue weighted by Crippen LogP contribution is 2.52. The summed E-state index contributed by atoms with van der Waals surface area (Å²) in [4.78, 5) is 2.66. The second-order valence-corrected chi connectivity index (χ2v) is 10.0. The van der Waals surface area contributed by atoms with Crippen LogP contribution in [0.3, 0.4) is 0 Å². The first-order valence-electron chi connectivity index (χ1n) is 10.1. The van der Waals surface area contributed by atoms with E-state index in [1.54, 1.807) is 11.1 Å². The minimum atomic E-state index is 0.462. The lowest BCUT2D eigenvalue weighted by Gasteiger charge is -2.45. The van der Waals surface area contributed by atoms with Crippen LogP contribution >= 0.6 is 0 Å². The Morgan fingerprint density at radius 2 is 1.54 bits per heavy atom. The summed E-state index contributed by atoms with van der Waals surface area (Å²) >= 11 is 0. The van der Waals surface area contributed by atoms with Crippen LogP contribution in [0.1, 0.15) is 89.7 Å². The van der Waals surface area contributed by atoms with E-state index in [9.17, 15) is 0 Å². The highest BCUT2D eigenvalue weighted by molar-refractivity contribution is 5.35. The van der Waals surface area contributed by atoms with Crippen molar-refractivity contribution < 1.29 is 0 Å². The zero-order valence-corrected chi connectivity index (χ0v) is 16.6. The minimum Gasteiger partial charge on any atom is -0.303 e. The lowest BCUT2D eigenvalue weighted by Crippen LogP contribution is -2.33. The molecule has 1 nitrogen and oxygen atoms in total. The Morgan fingerprint density at radius 3 is 2.12 bits per heavy atom. The van der Waals surface area contributed by atoms with E-state index < -0.39 is 0 Å². The van der Waals surface area contributed by atoms with Gasteiger partial charge in [0.2, 0.25) is 0 Å². The molecular formula is C23H37N. The Hall–Kier alpha value is -0.820. The highest BCUT2D eigenvalue weighted by Gasteiger charge is 2.40. The fourth-order valence-electron chi connectivity index (χ4n) is 5.93. The van der Waals surface area contributed by atoms with E-state index in [4.69, 9.17) is 0 Å². The van der Waals surface area contributed by atoms with Crippen LogP contribution in [0.25, 0.3) is 0 Å². The quantitative estimate of drug-likeness (QED) is 0.636. The van der Waals surface area contributed by atoms with Gasteiger partial charge >= 0.3 is 0 Å². The maximum Gasteiger partial charge on any atom is 0.00508 e. The fourth-order valence-corrected chi connectivity index (χ4v) is 5.93. The molecular weight excluding hydrogens is 290 g/mol. The minimum absolute atomic E-state index is 0.462. The Labute approximate surface area is 149 Å². The van der Waals surface area contributed by atoms with Crippen molar-refractivity contribution >= 4 is 0 Å². The maximum absolute atomic E-state index is 2.66. The zero-order chi connectivity index (χ0) is 17.4. The second kappa shape index (κ2) is 6.83. The monoisotopic (exact) mass is 327 g/mol. The molecule has 1 heteroatoms. The van der Waals surface area contributed by atoms with Crippen LogP contribution < -0.4 is 0 Å². The summed E-state index contributed by atoms with van der Waals surface area (Å²) in [5.41, 5.74) is 4.25. The van der Waals surface area contributed by atoms with Crippen LogP contribution in [0.15, 0.2) is 24.3 Å². The fraction of sp³-hybridized carbons (Fsp3) is 0.739. The van der Waals surface area contributed by atoms with Crippen molar-refractivity contribution in [2.75, 3.05) is 19.6 Å². The van der Waals surface area contributed by atoms with Gasteiger partial charge in [-0.2, -0.15) is 0 Å². The van der Waals surface area contributed by atoms with Gasteiger partial charge in [-0.05, 0) is 79.0 Å². The van der Waals surface area contributed by atoms with Gasteiger partial charge in [-0.15, -0.1) is 0 Å². The lowest BCUT2D eigenvalue weighted by molar-refractivity contribution is 0.0965. The van der Waals surface area contributed by atoms with Crippen LogP contribution in [-0.2, 0) is 0 Å². The van der Waals surface area contributed by atoms with Gasteiger partial charge in [0.05, 0.1) is 0 Å². The van der Waals surface area contributed by atoms with Gasteiger partial charge in [-0.1, -0.05) is 58.9 Å². The lowest BCUT2D eigenvalue weighted by atomic mass is 9.59. The van der Waals surface area contributed by atoms with E-state index in [1.165, 1.54) is 51.7 Å². The molecule has 0 spiro atoms. The summed E-state index contributed by atoms with van der Waals surface area (Å²) in [5.74, 6) is 1.49. The molecule has 1 aliphatic carbocycles. The Kier molecular flexibility index (Phi) is 5.12. The van der Waals surface area contributed by atoms with Gasteiger partial charge in [0.1, 0.15) is 0 Å². The number of nitrogens with zero attached hydrogens (tertiary/aromatic N) is 1. The molecule has 1 atom stereocenters. The van der Waals surface area contributed by atoms with Crippen LogP contribution in [0, 0.1) is 10.8 Å². The molecule has 1 heterocycles. The summed E-state index contributed by atoms with van der Waals surface area (Å²) < 4.78 is 0. The summed E-state index contributed by atoms with van der Waals surface area (Å²) in [7, 11) is 0. The van der Waals surface area contributed by atoms with Crippen molar-refractivity contribution in [1.29, 1.82) is 0 Å². The first-order chi connectivity index (χ1) is 11.3. The standard InChI is InChI=1S/C23H37N/c1-6-12-24-13-11-18(16-24)20-9-7-8-10-21(20)19-14-22(2,3)17-23(4,5)15-19/h7-10,18-19H,6,11-17H2,1-5H3. The van der Waals surface area contributed by atoms with Crippen LogP contribution in [0.2, 0.25) is 0 Å². The number of hydrogen-bond donors (Lipinski definition) is 0. The molecule has 0 amide bonds. The van der Waals surface area contributed by atoms with Gasteiger partial charge in [0.25, 0.3) is 0 Å². The van der Waals surface area contributed by atoms with Crippen molar-refractivity contribution in [2.24, 2.45) is 10.8 Å². The molecule has 1 aromatic carbocycles. The topological polar surface area (TPSA) is 3.24 Å². The zero-order valence-electron chi connectivity index (χ0n) is 16.6. The molecule has 0 bridgehead atoms. The van der Waals surface area contributed by atoms with Gasteiger partial charge < -0.3 is 4.90 Å². The number of likely N-dealkylation sites (tertiary alicyclic amines) is 1. The molecule has 24 heavy (non-hydrogen) atoms. The second-order valence-electron chi connectivity index (χ2n) is 10.0. The van der Waals surface area contributed by atoms with Crippen molar-refractivity contribution in [3.05, 3.63) is 35.4 Å². The van der Waals surface area contributed by atoms with Crippen molar-refractivity contribution in [3.8, 4) is 0 Å². The predicted octanol–water partition coefficient (Wildman–Crippen LogP) is 6.21. The molecule has 3 rings (SSSR count). The predicted molar refractivity (Wildman–Crippen MR) is 105 cm³/mol. The van der Waals surface area contributed by atoms with Crippen molar-refractivity contribution in [3.63, 3.8) is 0 Å². The third-order valence-corrected chi connectivity index (χ3v) is 6.24. The van der Waals surface area contributed by atoms with Crippen molar-refractivity contribution in [1.82, 2.24) is 4.90 Å². The normalized spacial score (nSPS) is 27.5. The van der Waals surface area contributed by atoms with E-state index in [1.807, 2.05) is 0 Å². The number of hydrogen-bond acceptors (Lipinski definition) is 1. The molecule has 2 fully saturated rings. The molecule has 134 valence electrons. The molecule has 1 aliphatic heterocycles. The smallest absolute Gasteiger partial charge is 0.00508 e. The third kappa shape index (κ3) is 4.04. The number of rotatable bonds is 4. The maximum atomic E-state index is 2.66. The van der Waals surface area contributed by atoms with Crippen LogP contribution in [0.4, 0.5) is 0 Å². The largest absolute Gasteiger partial charge is 0.303 e. The summed E-state index contributed by atoms with van der Waals surface area (Å²) in [5, 5.41) is 0. The van der Waals surface area contributed by atoms with Gasteiger partial charge in [-0.25, -0.2) is 0 Å². The Bertz CT molecular complexity index is 541. The van der Waals surface area contributed by atoms with E-state index in [-0.39, 0.29) is 0 Å². The SMILES string of the molecule is CCCN1CCC(c2ccccc2C2CC(C)(C)CC(C)(C)C2)C1. The van der Waals surface area contributed by atoms with Gasteiger partial charge in [0, 0.05) is 6.54 Å².